The summed E-state index contributed by atoms with van der Waals surface area (Å²) in [5, 5.41) is 13.6. The lowest BCUT2D eigenvalue weighted by molar-refractivity contribution is 1.04. The Bertz CT molecular complexity index is 560. The predicted molar refractivity (Wildman–Crippen MR) is 72.5 cm³/mol. The van der Waals surface area contributed by atoms with Crippen LogP contribution >= 0.6 is 11.6 Å². The maximum Gasteiger partial charge on any atom is 0.159 e. The second kappa shape index (κ2) is 5.15. The largest absolute Gasteiger partial charge is 0.365 e. The standard InChI is InChI=1S/C13H14ClN3/c1-9(2)7-8-15-13-11-6-4-3-5-10(11)12(14)16-17-13/h3-7H,8H2,1-2H3,(H,15,17). The van der Waals surface area contributed by atoms with E-state index in [9.17, 15) is 0 Å². The topological polar surface area (TPSA) is 37.8 Å². The van der Waals surface area contributed by atoms with Gasteiger partial charge in [-0.1, -0.05) is 47.5 Å². The molecule has 0 bridgehead atoms. The van der Waals surface area contributed by atoms with Gasteiger partial charge in [0.05, 0.1) is 0 Å². The number of benzene rings is 1. The van der Waals surface area contributed by atoms with Crippen molar-refractivity contribution in [3.05, 3.63) is 41.1 Å². The van der Waals surface area contributed by atoms with Gasteiger partial charge in [0.25, 0.3) is 0 Å². The summed E-state index contributed by atoms with van der Waals surface area (Å²) in [4.78, 5) is 0. The molecule has 0 saturated heterocycles. The van der Waals surface area contributed by atoms with E-state index in [2.05, 4.69) is 35.4 Å². The van der Waals surface area contributed by atoms with Gasteiger partial charge in [0.2, 0.25) is 0 Å². The quantitative estimate of drug-likeness (QED) is 0.841. The fourth-order valence-electron chi connectivity index (χ4n) is 1.55. The summed E-state index contributed by atoms with van der Waals surface area (Å²) in [5.74, 6) is 0.766. The third-order valence-corrected chi connectivity index (χ3v) is 2.70. The first kappa shape index (κ1) is 11.9. The number of nitrogens with zero attached hydrogens (tertiary/aromatic N) is 2. The van der Waals surface area contributed by atoms with E-state index in [1.165, 1.54) is 5.57 Å². The summed E-state index contributed by atoms with van der Waals surface area (Å²) in [5.41, 5.74) is 1.27. The van der Waals surface area contributed by atoms with Crippen LogP contribution in [0.25, 0.3) is 10.8 Å². The maximum absolute atomic E-state index is 6.00. The van der Waals surface area contributed by atoms with Crippen LogP contribution in [0.5, 0.6) is 0 Å². The summed E-state index contributed by atoms with van der Waals surface area (Å²) in [7, 11) is 0. The van der Waals surface area contributed by atoms with Crippen molar-refractivity contribution in [1.29, 1.82) is 0 Å². The summed E-state index contributed by atoms with van der Waals surface area (Å²) >= 11 is 6.00. The highest BCUT2D eigenvalue weighted by atomic mass is 35.5. The molecular weight excluding hydrogens is 234 g/mol. The molecule has 2 rings (SSSR count). The van der Waals surface area contributed by atoms with Crippen LogP contribution in [0.2, 0.25) is 5.15 Å². The average Bonchev–Trinajstić information content (AvgIpc) is 2.32. The molecule has 1 aromatic carbocycles. The number of aromatic nitrogens is 2. The Hall–Kier alpha value is -1.61. The number of allylic oxidation sites excluding steroid dienone is 1. The van der Waals surface area contributed by atoms with Gasteiger partial charge in [0.15, 0.2) is 11.0 Å². The zero-order valence-corrected chi connectivity index (χ0v) is 10.6. The van der Waals surface area contributed by atoms with Crippen LogP contribution in [-0.2, 0) is 0 Å². The Morgan fingerprint density at radius 3 is 2.65 bits per heavy atom. The van der Waals surface area contributed by atoms with E-state index < -0.39 is 0 Å². The van der Waals surface area contributed by atoms with Crippen molar-refractivity contribution in [2.75, 3.05) is 11.9 Å². The zero-order valence-electron chi connectivity index (χ0n) is 9.87. The van der Waals surface area contributed by atoms with Crippen LogP contribution < -0.4 is 5.32 Å². The van der Waals surface area contributed by atoms with Crippen LogP contribution in [0, 0.1) is 0 Å². The summed E-state index contributed by atoms with van der Waals surface area (Å²) in [6, 6.07) is 7.83. The molecule has 0 aliphatic rings. The fraction of sp³-hybridized carbons (Fsp3) is 0.231. The van der Waals surface area contributed by atoms with Gasteiger partial charge in [0, 0.05) is 17.3 Å². The van der Waals surface area contributed by atoms with Crippen molar-refractivity contribution < 1.29 is 0 Å². The fourth-order valence-corrected chi connectivity index (χ4v) is 1.76. The van der Waals surface area contributed by atoms with Gasteiger partial charge in [0.1, 0.15) is 0 Å². The molecule has 0 saturated carbocycles. The Kier molecular flexibility index (Phi) is 3.59. The van der Waals surface area contributed by atoms with E-state index in [0.29, 0.717) is 5.15 Å². The highest BCUT2D eigenvalue weighted by Gasteiger charge is 2.05. The lowest BCUT2D eigenvalue weighted by atomic mass is 10.2. The van der Waals surface area contributed by atoms with E-state index in [1.807, 2.05) is 24.3 Å². The minimum absolute atomic E-state index is 0.438. The normalized spacial score (nSPS) is 10.3. The number of hydrogen-bond donors (Lipinski definition) is 1. The number of fused-ring (bicyclic) bond motifs is 1. The molecule has 4 heteroatoms. The minimum Gasteiger partial charge on any atom is -0.365 e. The second-order valence-corrected chi connectivity index (χ2v) is 4.41. The molecule has 0 radical (unpaired) electrons. The monoisotopic (exact) mass is 247 g/mol. The van der Waals surface area contributed by atoms with E-state index in [-0.39, 0.29) is 0 Å². The van der Waals surface area contributed by atoms with Gasteiger partial charge >= 0.3 is 0 Å². The van der Waals surface area contributed by atoms with Gasteiger partial charge in [-0.15, -0.1) is 10.2 Å². The van der Waals surface area contributed by atoms with Crippen LogP contribution in [0.1, 0.15) is 13.8 Å². The highest BCUT2D eigenvalue weighted by Crippen LogP contribution is 2.25. The first-order chi connectivity index (χ1) is 8.18. The molecule has 0 fully saturated rings. The van der Waals surface area contributed by atoms with Crippen molar-refractivity contribution in [2.24, 2.45) is 0 Å². The molecule has 0 atom stereocenters. The maximum atomic E-state index is 6.00. The predicted octanol–water partition coefficient (Wildman–Crippen LogP) is 3.66. The van der Waals surface area contributed by atoms with E-state index in [1.54, 1.807) is 0 Å². The van der Waals surface area contributed by atoms with Crippen molar-refractivity contribution in [3.8, 4) is 0 Å². The molecule has 88 valence electrons. The highest BCUT2D eigenvalue weighted by molar-refractivity contribution is 6.34. The second-order valence-electron chi connectivity index (χ2n) is 4.05. The molecule has 1 N–H and O–H groups in total. The Morgan fingerprint density at radius 1 is 1.24 bits per heavy atom. The van der Waals surface area contributed by atoms with Crippen molar-refractivity contribution in [2.45, 2.75) is 13.8 Å². The van der Waals surface area contributed by atoms with Crippen LogP contribution in [0.3, 0.4) is 0 Å². The van der Waals surface area contributed by atoms with Crippen LogP contribution in [0.4, 0.5) is 5.82 Å². The van der Waals surface area contributed by atoms with Crippen molar-refractivity contribution >= 4 is 28.2 Å². The molecule has 1 heterocycles. The number of rotatable bonds is 3. The van der Waals surface area contributed by atoms with Gasteiger partial charge in [-0.25, -0.2) is 0 Å². The molecule has 0 amide bonds. The third-order valence-electron chi connectivity index (χ3n) is 2.42. The molecule has 0 spiro atoms. The minimum atomic E-state index is 0.438. The SMILES string of the molecule is CC(C)=CCNc1nnc(Cl)c2ccccc12. The Balaban J connectivity index is 2.35. The number of anilines is 1. The Morgan fingerprint density at radius 2 is 1.94 bits per heavy atom. The molecule has 3 nitrogen and oxygen atoms in total. The molecule has 0 aliphatic heterocycles. The summed E-state index contributed by atoms with van der Waals surface area (Å²) in [6.45, 7) is 4.86. The van der Waals surface area contributed by atoms with E-state index in [4.69, 9.17) is 11.6 Å². The van der Waals surface area contributed by atoms with Crippen molar-refractivity contribution in [3.63, 3.8) is 0 Å². The number of nitrogens with one attached hydrogen (secondary N) is 1. The Labute approximate surface area is 106 Å². The summed E-state index contributed by atoms with van der Waals surface area (Å²) in [6.07, 6.45) is 2.10. The summed E-state index contributed by atoms with van der Waals surface area (Å²) < 4.78 is 0. The molecule has 17 heavy (non-hydrogen) atoms. The smallest absolute Gasteiger partial charge is 0.159 e. The number of hydrogen-bond acceptors (Lipinski definition) is 3. The first-order valence-corrected chi connectivity index (χ1v) is 5.84. The van der Waals surface area contributed by atoms with E-state index in [0.717, 1.165) is 23.1 Å². The average molecular weight is 248 g/mol. The molecule has 0 aliphatic carbocycles. The lowest BCUT2D eigenvalue weighted by Gasteiger charge is -2.06. The van der Waals surface area contributed by atoms with Gasteiger partial charge < -0.3 is 5.32 Å². The van der Waals surface area contributed by atoms with Gasteiger partial charge in [-0.05, 0) is 13.8 Å². The van der Waals surface area contributed by atoms with Gasteiger partial charge in [-0.3, -0.25) is 0 Å². The van der Waals surface area contributed by atoms with Crippen molar-refractivity contribution in [1.82, 2.24) is 10.2 Å². The first-order valence-electron chi connectivity index (χ1n) is 5.46. The molecular formula is C13H14ClN3. The molecule has 1 aromatic heterocycles. The molecule has 2 aromatic rings. The molecule has 0 unspecified atom stereocenters. The number of halogens is 1. The van der Waals surface area contributed by atoms with Crippen LogP contribution in [-0.4, -0.2) is 16.7 Å². The zero-order chi connectivity index (χ0) is 12.3. The van der Waals surface area contributed by atoms with E-state index >= 15 is 0 Å². The third kappa shape index (κ3) is 2.74. The van der Waals surface area contributed by atoms with Gasteiger partial charge in [-0.2, -0.15) is 0 Å². The van der Waals surface area contributed by atoms with Crippen LogP contribution in [0.15, 0.2) is 35.9 Å². The lowest BCUT2D eigenvalue weighted by Crippen LogP contribution is -2.03.